The molecule has 0 bridgehead atoms. The van der Waals surface area contributed by atoms with Gasteiger partial charge in [-0.15, -0.1) is 11.8 Å². The van der Waals surface area contributed by atoms with Gasteiger partial charge in [0, 0.05) is 18.0 Å². The number of ether oxygens (including phenoxy) is 1. The van der Waals surface area contributed by atoms with E-state index in [2.05, 4.69) is 9.97 Å². The van der Waals surface area contributed by atoms with Gasteiger partial charge in [0.15, 0.2) is 11.2 Å². The summed E-state index contributed by atoms with van der Waals surface area (Å²) in [5.41, 5.74) is 0.203. The first kappa shape index (κ1) is 22.8. The van der Waals surface area contributed by atoms with Crippen molar-refractivity contribution in [2.75, 3.05) is 17.2 Å². The quantitative estimate of drug-likeness (QED) is 0.498. The predicted octanol–water partition coefficient (Wildman–Crippen LogP) is 1.89. The van der Waals surface area contributed by atoms with Gasteiger partial charge in [-0.2, -0.15) is 0 Å². The van der Waals surface area contributed by atoms with Crippen LogP contribution in [0.3, 0.4) is 0 Å². The number of aromatic nitrogens is 4. The Kier molecular flexibility index (Phi) is 6.68. The molecular weight excluding hydrogens is 446 g/mol. The van der Waals surface area contributed by atoms with Crippen LogP contribution in [-0.2, 0) is 34.0 Å². The van der Waals surface area contributed by atoms with Crippen molar-refractivity contribution in [3.05, 3.63) is 50.9 Å². The van der Waals surface area contributed by atoms with Crippen LogP contribution in [0.4, 0.5) is 5.69 Å². The number of carbonyl (C=O) groups is 2. The molecule has 1 aliphatic heterocycles. The molecule has 1 aromatic carbocycles. The third-order valence-corrected chi connectivity index (χ3v) is 6.52. The van der Waals surface area contributed by atoms with Gasteiger partial charge in [0.2, 0.25) is 5.91 Å². The summed E-state index contributed by atoms with van der Waals surface area (Å²) in [5, 5.41) is 0. The van der Waals surface area contributed by atoms with Gasteiger partial charge < -0.3 is 9.30 Å². The lowest BCUT2D eigenvalue weighted by atomic mass is 10.2. The molecule has 11 heteroatoms. The second kappa shape index (κ2) is 9.65. The number of H-pyrrole nitrogens is 1. The molecule has 0 atom stereocenters. The molecule has 1 aliphatic rings. The Hall–Kier alpha value is -3.34. The minimum atomic E-state index is -0.586. The Morgan fingerprint density at radius 2 is 1.97 bits per heavy atom. The van der Waals surface area contributed by atoms with E-state index in [1.54, 1.807) is 10.6 Å². The molecule has 0 unspecified atom stereocenters. The molecule has 2 aromatic heterocycles. The van der Waals surface area contributed by atoms with E-state index in [1.165, 1.54) is 21.2 Å². The highest BCUT2D eigenvalue weighted by atomic mass is 32.2. The zero-order valence-electron chi connectivity index (χ0n) is 18.5. The molecule has 4 rings (SSSR count). The van der Waals surface area contributed by atoms with Crippen LogP contribution < -0.4 is 16.1 Å². The molecule has 1 N–H and O–H groups in total. The zero-order valence-corrected chi connectivity index (χ0v) is 19.3. The summed E-state index contributed by atoms with van der Waals surface area (Å²) in [6, 6.07) is 7.40. The van der Waals surface area contributed by atoms with Crippen LogP contribution in [0, 0.1) is 0 Å². The number of imidazole rings is 1. The van der Waals surface area contributed by atoms with Gasteiger partial charge in [0.05, 0.1) is 11.4 Å². The Morgan fingerprint density at radius 1 is 1.18 bits per heavy atom. The number of rotatable bonds is 8. The highest BCUT2D eigenvalue weighted by molar-refractivity contribution is 8.00. The maximum absolute atomic E-state index is 12.6. The van der Waals surface area contributed by atoms with Crippen molar-refractivity contribution in [1.29, 1.82) is 0 Å². The first-order valence-electron chi connectivity index (χ1n) is 10.8. The average molecular weight is 472 g/mol. The van der Waals surface area contributed by atoms with Crippen LogP contribution in [0.15, 0.2) is 38.8 Å². The lowest BCUT2D eigenvalue weighted by Crippen LogP contribution is -2.39. The lowest BCUT2D eigenvalue weighted by Gasteiger charge is -2.27. The van der Waals surface area contributed by atoms with Gasteiger partial charge >= 0.3 is 11.7 Å². The van der Waals surface area contributed by atoms with E-state index in [4.69, 9.17) is 4.74 Å². The molecule has 0 saturated heterocycles. The minimum Gasteiger partial charge on any atom is -0.456 e. The number of amides is 1. The van der Waals surface area contributed by atoms with E-state index in [1.807, 2.05) is 32.0 Å². The summed E-state index contributed by atoms with van der Waals surface area (Å²) in [6.07, 6.45) is 1.64. The lowest BCUT2D eigenvalue weighted by molar-refractivity contribution is -0.144. The number of unbranched alkanes of at least 4 members (excludes halogenated alkanes) is 1. The number of esters is 1. The van der Waals surface area contributed by atoms with Crippen molar-refractivity contribution in [1.82, 2.24) is 19.1 Å². The normalized spacial score (nSPS) is 13.4. The van der Waals surface area contributed by atoms with Crippen molar-refractivity contribution < 1.29 is 14.3 Å². The van der Waals surface area contributed by atoms with E-state index >= 15 is 0 Å². The average Bonchev–Trinajstić information content (AvgIpc) is 3.18. The molecule has 0 spiro atoms. The molecule has 0 aliphatic carbocycles. The maximum atomic E-state index is 12.6. The smallest absolute Gasteiger partial charge is 0.330 e. The van der Waals surface area contributed by atoms with Crippen molar-refractivity contribution in [3.63, 3.8) is 0 Å². The molecule has 174 valence electrons. The fourth-order valence-electron chi connectivity index (χ4n) is 3.84. The number of anilines is 1. The fraction of sp³-hybridized carbons (Fsp3) is 0.409. The SMILES string of the molecule is CCCCn1c(=O)[nH]c(=O)c2c1nc(COC(=O)CN1C(=O)CSc3ccccc31)n2CC. The Labute approximate surface area is 193 Å². The van der Waals surface area contributed by atoms with Crippen LogP contribution in [0.5, 0.6) is 0 Å². The van der Waals surface area contributed by atoms with Crippen molar-refractivity contribution in [2.24, 2.45) is 0 Å². The molecule has 0 saturated carbocycles. The van der Waals surface area contributed by atoms with E-state index in [0.29, 0.717) is 24.6 Å². The van der Waals surface area contributed by atoms with Crippen LogP contribution in [0.2, 0.25) is 0 Å². The number of aromatic amines is 1. The second-order valence-corrected chi connectivity index (χ2v) is 8.62. The Morgan fingerprint density at radius 3 is 2.73 bits per heavy atom. The number of hydrogen-bond donors (Lipinski definition) is 1. The number of hydrogen-bond acceptors (Lipinski definition) is 7. The van der Waals surface area contributed by atoms with Crippen molar-refractivity contribution in [3.8, 4) is 0 Å². The molecule has 10 nitrogen and oxygen atoms in total. The number of aryl methyl sites for hydroxylation is 2. The van der Waals surface area contributed by atoms with Crippen LogP contribution >= 0.6 is 11.8 Å². The number of fused-ring (bicyclic) bond motifs is 2. The summed E-state index contributed by atoms with van der Waals surface area (Å²) < 4.78 is 8.52. The topological polar surface area (TPSA) is 119 Å². The zero-order chi connectivity index (χ0) is 23.5. The molecule has 3 heterocycles. The molecule has 1 amide bonds. The van der Waals surface area contributed by atoms with Gasteiger partial charge in [-0.3, -0.25) is 28.8 Å². The van der Waals surface area contributed by atoms with Crippen LogP contribution in [-0.4, -0.2) is 43.3 Å². The van der Waals surface area contributed by atoms with E-state index in [9.17, 15) is 19.2 Å². The third kappa shape index (κ3) is 4.45. The Balaban J connectivity index is 1.57. The highest BCUT2D eigenvalue weighted by Gasteiger charge is 2.27. The van der Waals surface area contributed by atoms with Crippen molar-refractivity contribution in [2.45, 2.75) is 51.3 Å². The van der Waals surface area contributed by atoms with E-state index in [0.717, 1.165) is 17.7 Å². The number of nitrogens with zero attached hydrogens (tertiary/aromatic N) is 4. The largest absolute Gasteiger partial charge is 0.456 e. The number of para-hydroxylation sites is 1. The number of benzene rings is 1. The highest BCUT2D eigenvalue weighted by Crippen LogP contribution is 2.34. The number of nitrogens with one attached hydrogen (secondary N) is 1. The monoisotopic (exact) mass is 471 g/mol. The summed E-state index contributed by atoms with van der Waals surface area (Å²) in [7, 11) is 0. The third-order valence-electron chi connectivity index (χ3n) is 5.47. The first-order chi connectivity index (χ1) is 15.9. The molecular formula is C22H25N5O5S. The molecule has 3 aromatic rings. The molecule has 0 fully saturated rings. The predicted molar refractivity (Wildman–Crippen MR) is 125 cm³/mol. The fourth-order valence-corrected chi connectivity index (χ4v) is 4.77. The number of thioether (sulfide) groups is 1. The van der Waals surface area contributed by atoms with Gasteiger partial charge in [0.1, 0.15) is 19.0 Å². The summed E-state index contributed by atoms with van der Waals surface area (Å²) >= 11 is 1.44. The molecule has 33 heavy (non-hydrogen) atoms. The minimum absolute atomic E-state index is 0.164. The van der Waals surface area contributed by atoms with Crippen molar-refractivity contribution >= 4 is 40.5 Å². The van der Waals surface area contributed by atoms with Gasteiger partial charge in [0.25, 0.3) is 5.56 Å². The maximum Gasteiger partial charge on any atom is 0.330 e. The van der Waals surface area contributed by atoms with Crippen LogP contribution in [0.1, 0.15) is 32.5 Å². The van der Waals surface area contributed by atoms with E-state index in [-0.39, 0.29) is 36.0 Å². The van der Waals surface area contributed by atoms with E-state index < -0.39 is 17.2 Å². The summed E-state index contributed by atoms with van der Waals surface area (Å²) in [5.74, 6) is -0.128. The van der Waals surface area contributed by atoms with Gasteiger partial charge in [-0.05, 0) is 25.5 Å². The summed E-state index contributed by atoms with van der Waals surface area (Å²) in [6.45, 7) is 4.29. The number of carbonyl (C=O) groups excluding carboxylic acids is 2. The second-order valence-electron chi connectivity index (χ2n) is 7.61. The van der Waals surface area contributed by atoms with Gasteiger partial charge in [-0.25, -0.2) is 9.78 Å². The standard InChI is InChI=1S/C22H25N5O5S/c1-3-5-10-26-20-19(21(30)24-22(26)31)25(4-2)16(23-20)12-32-18(29)11-27-14-8-6-7-9-15(14)33-13-17(27)28/h6-9H,3-5,10-13H2,1-2H3,(H,24,30,31). The Bertz CT molecular complexity index is 1320. The van der Waals surface area contributed by atoms with Gasteiger partial charge in [-0.1, -0.05) is 25.5 Å². The van der Waals surface area contributed by atoms with Crippen LogP contribution in [0.25, 0.3) is 11.2 Å². The molecule has 0 radical (unpaired) electrons. The summed E-state index contributed by atoms with van der Waals surface area (Å²) in [4.78, 5) is 59.0. The first-order valence-corrected chi connectivity index (χ1v) is 11.8.